The monoisotopic (exact) mass is 415 g/mol. The Balaban J connectivity index is 0.00000392. The van der Waals surface area contributed by atoms with Gasteiger partial charge in [0.15, 0.2) is 6.29 Å². The SMILES string of the molecule is CO[C@H]1C(O)C(O)[C@@H](O[C@@H]2C(NC(C)=O)[C@H](C)OC(CO)[C@@H]2O)O[C@@H]1[C-]=O.[Na+]. The van der Waals surface area contributed by atoms with Crippen LogP contribution in [-0.4, -0.2) is 107 Å². The molecule has 0 spiro atoms. The Labute approximate surface area is 184 Å². The molecule has 0 radical (unpaired) electrons. The van der Waals surface area contributed by atoms with Gasteiger partial charge in [0, 0.05) is 14.0 Å². The summed E-state index contributed by atoms with van der Waals surface area (Å²) in [5.41, 5.74) is 0. The van der Waals surface area contributed by atoms with E-state index >= 15 is 0 Å². The summed E-state index contributed by atoms with van der Waals surface area (Å²) in [6, 6.07) is -0.841. The first-order chi connectivity index (χ1) is 12.7. The number of aliphatic hydroxyl groups is 4. The van der Waals surface area contributed by atoms with E-state index in [0.29, 0.717) is 0 Å². The van der Waals surface area contributed by atoms with E-state index in [9.17, 15) is 30.0 Å². The third-order valence-corrected chi connectivity index (χ3v) is 4.74. The smallest absolute Gasteiger partial charge is 0.539 e. The summed E-state index contributed by atoms with van der Waals surface area (Å²) in [5, 5.41) is 42.9. The number of amides is 1. The van der Waals surface area contributed by atoms with Crippen molar-refractivity contribution in [3.63, 3.8) is 0 Å². The molecule has 28 heavy (non-hydrogen) atoms. The second-order valence-electron chi connectivity index (χ2n) is 6.60. The number of hydrogen-bond donors (Lipinski definition) is 5. The fourth-order valence-corrected chi connectivity index (χ4v) is 3.34. The maximum Gasteiger partial charge on any atom is 1.00 e. The van der Waals surface area contributed by atoms with Crippen LogP contribution < -0.4 is 34.9 Å². The molecule has 156 valence electrons. The van der Waals surface area contributed by atoms with Gasteiger partial charge in [0.25, 0.3) is 0 Å². The Bertz CT molecular complexity index is 526. The third kappa shape index (κ3) is 5.49. The van der Waals surface area contributed by atoms with Crippen LogP contribution in [0.1, 0.15) is 13.8 Å². The fraction of sp³-hybridized carbons (Fsp3) is 0.875. The van der Waals surface area contributed by atoms with Gasteiger partial charge in [0.2, 0.25) is 5.91 Å². The number of hydrogen-bond acceptors (Lipinski definition) is 10. The molecule has 1 amide bonds. The van der Waals surface area contributed by atoms with E-state index < -0.39 is 73.7 Å². The van der Waals surface area contributed by atoms with Crippen molar-refractivity contribution >= 4 is 12.2 Å². The standard InChI is InChI=1S/C16H26NO10.Na/c1-6-10(17-7(2)20)15(11(21)8(4-18)25-6)27-16-13(23)12(22)14(24-3)9(5-19)26-16;/h6,8-16,18,21-23H,4H2,1-3H3,(H,17,20);/q-1;+1/t6-,8?,9+,10?,11-,12?,13?,14+,15+,16+;/m0./s1. The predicted octanol–water partition coefficient (Wildman–Crippen LogP) is -6.41. The van der Waals surface area contributed by atoms with E-state index in [4.69, 9.17) is 18.9 Å². The number of ether oxygens (including phenoxy) is 4. The summed E-state index contributed by atoms with van der Waals surface area (Å²) in [6.45, 7) is 2.37. The average molecular weight is 415 g/mol. The van der Waals surface area contributed by atoms with Crippen LogP contribution in [0.25, 0.3) is 0 Å². The molecular formula is C16H26NNaO10. The van der Waals surface area contributed by atoms with Gasteiger partial charge >= 0.3 is 29.6 Å². The molecule has 0 bridgehead atoms. The van der Waals surface area contributed by atoms with Crippen molar-refractivity contribution in [2.75, 3.05) is 13.7 Å². The second-order valence-corrected chi connectivity index (χ2v) is 6.60. The molecule has 2 rings (SSSR count). The molecule has 0 aliphatic carbocycles. The van der Waals surface area contributed by atoms with Gasteiger partial charge in [-0.3, -0.25) is 4.79 Å². The molecule has 0 saturated carbocycles. The predicted molar refractivity (Wildman–Crippen MR) is 87.1 cm³/mol. The second kappa shape index (κ2) is 11.3. The van der Waals surface area contributed by atoms with Crippen molar-refractivity contribution < 1.29 is 78.5 Å². The van der Waals surface area contributed by atoms with Crippen LogP contribution >= 0.6 is 0 Å². The molecule has 12 heteroatoms. The first kappa shape index (κ1) is 25.9. The topological polar surface area (TPSA) is 164 Å². The molecule has 0 aromatic heterocycles. The van der Waals surface area contributed by atoms with E-state index in [1.165, 1.54) is 14.0 Å². The van der Waals surface area contributed by atoms with Crippen LogP contribution in [0.15, 0.2) is 0 Å². The Hall–Kier alpha value is -0.180. The van der Waals surface area contributed by atoms with E-state index in [0.717, 1.165) is 0 Å². The van der Waals surface area contributed by atoms with E-state index in [1.807, 2.05) is 0 Å². The van der Waals surface area contributed by atoms with Gasteiger partial charge in [0.05, 0.1) is 24.9 Å². The van der Waals surface area contributed by atoms with Crippen LogP contribution in [0.5, 0.6) is 0 Å². The van der Waals surface area contributed by atoms with Crippen molar-refractivity contribution in [1.82, 2.24) is 5.32 Å². The normalized spacial score (nSPS) is 43.7. The summed E-state index contributed by atoms with van der Waals surface area (Å²) in [5.74, 6) is -0.414. The van der Waals surface area contributed by atoms with Crippen LogP contribution in [0.2, 0.25) is 0 Å². The maximum atomic E-state index is 11.5. The largest absolute Gasteiger partial charge is 1.00 e. The van der Waals surface area contributed by atoms with Gasteiger partial charge in [0.1, 0.15) is 30.5 Å². The van der Waals surface area contributed by atoms with Gasteiger partial charge < -0.3 is 49.5 Å². The van der Waals surface area contributed by atoms with Gasteiger partial charge in [-0.15, -0.1) is 0 Å². The first-order valence-corrected chi connectivity index (χ1v) is 8.54. The average Bonchev–Trinajstić information content (AvgIpc) is 2.63. The fourth-order valence-electron chi connectivity index (χ4n) is 3.34. The van der Waals surface area contributed by atoms with Crippen molar-refractivity contribution in [1.29, 1.82) is 0 Å². The Morgan fingerprint density at radius 3 is 2.29 bits per heavy atom. The molecule has 2 aliphatic heterocycles. The molecule has 11 nitrogen and oxygen atoms in total. The third-order valence-electron chi connectivity index (χ3n) is 4.74. The zero-order valence-corrected chi connectivity index (χ0v) is 18.2. The molecule has 2 fully saturated rings. The number of carbonyl (C=O) groups is 1. The van der Waals surface area contributed by atoms with E-state index in [2.05, 4.69) is 5.32 Å². The van der Waals surface area contributed by atoms with Crippen molar-refractivity contribution in [3.05, 3.63) is 0 Å². The molecule has 5 N–H and O–H groups in total. The van der Waals surface area contributed by atoms with Gasteiger partial charge in [-0.25, -0.2) is 6.29 Å². The van der Waals surface area contributed by atoms with Crippen LogP contribution in [-0.2, 0) is 28.5 Å². The molecule has 4 unspecified atom stereocenters. The Kier molecular flexibility index (Phi) is 10.4. The molecule has 2 heterocycles. The molecule has 10 atom stereocenters. The molecule has 0 aromatic carbocycles. The van der Waals surface area contributed by atoms with E-state index in [-0.39, 0.29) is 29.6 Å². The number of nitrogens with one attached hydrogen (secondary N) is 1. The number of aliphatic hydroxyl groups excluding tert-OH is 4. The van der Waals surface area contributed by atoms with E-state index in [1.54, 1.807) is 13.2 Å². The number of methoxy groups -OCH3 is 1. The Morgan fingerprint density at radius 1 is 1.14 bits per heavy atom. The molecule has 2 saturated heterocycles. The summed E-state index contributed by atoms with van der Waals surface area (Å²) >= 11 is 0. The molecular weight excluding hydrogens is 389 g/mol. The van der Waals surface area contributed by atoms with Crippen molar-refractivity contribution in [2.24, 2.45) is 0 Å². The minimum absolute atomic E-state index is 0. The number of carbonyl (C=O) groups excluding carboxylic acids is 2. The molecule has 2 aliphatic rings. The first-order valence-electron chi connectivity index (χ1n) is 8.54. The zero-order valence-electron chi connectivity index (χ0n) is 16.2. The van der Waals surface area contributed by atoms with Crippen molar-refractivity contribution in [2.45, 2.75) is 75.0 Å². The minimum Gasteiger partial charge on any atom is -0.539 e. The zero-order chi connectivity index (χ0) is 20.3. The van der Waals surface area contributed by atoms with Crippen LogP contribution in [0, 0.1) is 0 Å². The summed E-state index contributed by atoms with van der Waals surface area (Å²) < 4.78 is 21.4. The van der Waals surface area contributed by atoms with Crippen LogP contribution in [0.4, 0.5) is 0 Å². The number of rotatable bonds is 6. The van der Waals surface area contributed by atoms with Gasteiger partial charge in [-0.2, -0.15) is 0 Å². The quantitative estimate of drug-likeness (QED) is 0.208. The maximum absolute atomic E-state index is 11.5. The Morgan fingerprint density at radius 2 is 1.79 bits per heavy atom. The van der Waals surface area contributed by atoms with Crippen molar-refractivity contribution in [3.8, 4) is 0 Å². The summed E-state index contributed by atoms with van der Waals surface area (Å²) in [4.78, 5) is 22.6. The minimum atomic E-state index is -1.60. The summed E-state index contributed by atoms with van der Waals surface area (Å²) in [7, 11) is 1.23. The van der Waals surface area contributed by atoms with Gasteiger partial charge in [-0.1, -0.05) is 0 Å². The molecule has 0 aromatic rings. The summed E-state index contributed by atoms with van der Waals surface area (Å²) in [6.07, 6.45) is -9.73. The van der Waals surface area contributed by atoms with Gasteiger partial charge in [-0.05, 0) is 13.0 Å². The van der Waals surface area contributed by atoms with Crippen LogP contribution in [0.3, 0.4) is 0 Å².